The first kappa shape index (κ1) is 22.0. The highest BCUT2D eigenvalue weighted by Gasteiger charge is 2.47. The second kappa shape index (κ2) is 8.04. The molecular formula is C23H31F2N3O3. The third kappa shape index (κ3) is 4.54. The van der Waals surface area contributed by atoms with Gasteiger partial charge in [-0.25, -0.2) is 18.3 Å². The molecule has 0 spiro atoms. The molecule has 0 aliphatic carbocycles. The first-order valence-electron chi connectivity index (χ1n) is 11.0. The van der Waals surface area contributed by atoms with Crippen molar-refractivity contribution in [2.24, 2.45) is 0 Å². The maximum absolute atomic E-state index is 15.3. The lowest BCUT2D eigenvalue weighted by Crippen LogP contribution is -2.51. The van der Waals surface area contributed by atoms with Gasteiger partial charge in [0.15, 0.2) is 6.23 Å². The summed E-state index contributed by atoms with van der Waals surface area (Å²) in [6, 6.07) is 3.77. The number of hydrogen-bond donors (Lipinski definition) is 0. The van der Waals surface area contributed by atoms with Crippen LogP contribution in [-0.4, -0.2) is 52.0 Å². The molecule has 0 radical (unpaired) electrons. The average molecular weight is 436 g/mol. The number of hydrogen-bond acceptors (Lipinski definition) is 4. The Morgan fingerprint density at radius 1 is 1.26 bits per heavy atom. The van der Waals surface area contributed by atoms with Gasteiger partial charge in [-0.2, -0.15) is 5.10 Å². The Morgan fingerprint density at radius 2 is 2.03 bits per heavy atom. The molecule has 0 N–H and O–H groups in total. The molecule has 1 aromatic heterocycles. The molecule has 3 heterocycles. The monoisotopic (exact) mass is 435 g/mol. The van der Waals surface area contributed by atoms with Crippen LogP contribution in [0.4, 0.5) is 13.6 Å². The number of nitrogens with zero attached hydrogens (tertiary/aromatic N) is 3. The number of carbonyl (C=O) groups excluding carboxylic acids is 1. The lowest BCUT2D eigenvalue weighted by molar-refractivity contribution is -0.0850. The second-order valence-electron chi connectivity index (χ2n) is 9.68. The zero-order valence-electron chi connectivity index (χ0n) is 18.7. The van der Waals surface area contributed by atoms with E-state index < -0.39 is 30.1 Å². The van der Waals surface area contributed by atoms with E-state index >= 15 is 8.78 Å². The summed E-state index contributed by atoms with van der Waals surface area (Å²) in [6.07, 6.45) is 4.06. The number of piperidine rings is 1. The molecule has 2 aliphatic heterocycles. The molecular weight excluding hydrogens is 404 g/mol. The summed E-state index contributed by atoms with van der Waals surface area (Å²) < 4.78 is 43.5. The number of benzene rings is 1. The van der Waals surface area contributed by atoms with Crippen LogP contribution in [0.25, 0.3) is 10.9 Å². The van der Waals surface area contributed by atoms with E-state index in [4.69, 9.17) is 9.47 Å². The summed E-state index contributed by atoms with van der Waals surface area (Å²) >= 11 is 0. The molecule has 31 heavy (non-hydrogen) atoms. The van der Waals surface area contributed by atoms with Crippen LogP contribution in [0.3, 0.4) is 0 Å². The normalized spacial score (nSPS) is 24.4. The van der Waals surface area contributed by atoms with Crippen LogP contribution in [-0.2, 0) is 9.47 Å². The molecule has 4 rings (SSSR count). The van der Waals surface area contributed by atoms with Gasteiger partial charge in [0.25, 0.3) is 5.92 Å². The van der Waals surface area contributed by atoms with Gasteiger partial charge in [-0.3, -0.25) is 0 Å². The fraction of sp³-hybridized carbons (Fsp3) is 0.652. The van der Waals surface area contributed by atoms with Crippen LogP contribution in [0.5, 0.6) is 0 Å². The number of rotatable bonds is 2. The largest absolute Gasteiger partial charge is 0.444 e. The van der Waals surface area contributed by atoms with Crippen molar-refractivity contribution in [1.82, 2.24) is 14.7 Å². The van der Waals surface area contributed by atoms with Crippen molar-refractivity contribution in [2.75, 3.05) is 19.7 Å². The van der Waals surface area contributed by atoms with E-state index in [0.717, 1.165) is 40.6 Å². The zero-order valence-corrected chi connectivity index (χ0v) is 18.7. The second-order valence-corrected chi connectivity index (χ2v) is 9.68. The molecule has 2 unspecified atom stereocenters. The van der Waals surface area contributed by atoms with Gasteiger partial charge in [0.1, 0.15) is 5.60 Å². The van der Waals surface area contributed by atoms with Crippen molar-refractivity contribution in [3.8, 4) is 0 Å². The van der Waals surface area contributed by atoms with Gasteiger partial charge in [-0.15, -0.1) is 0 Å². The van der Waals surface area contributed by atoms with Crippen molar-refractivity contribution in [1.29, 1.82) is 0 Å². The van der Waals surface area contributed by atoms with E-state index in [1.54, 1.807) is 27.0 Å². The van der Waals surface area contributed by atoms with E-state index in [1.165, 1.54) is 0 Å². The standard InChI is InChI=1S/C23H31F2N3O3/c1-15-11-16-13-26-28(20-7-5-6-10-30-20)19(16)12-17(15)18-8-9-27(14-23(18,24)25)21(29)31-22(2,3)4/h11-13,18,20H,5-10,14H2,1-4H3. The summed E-state index contributed by atoms with van der Waals surface area (Å²) in [5.41, 5.74) is 1.52. The third-order valence-corrected chi connectivity index (χ3v) is 6.04. The van der Waals surface area contributed by atoms with Crippen LogP contribution >= 0.6 is 0 Å². The molecule has 2 fully saturated rings. The summed E-state index contributed by atoms with van der Waals surface area (Å²) in [6.45, 7) is 7.33. The Bertz CT molecular complexity index is 961. The number of alkyl halides is 2. The summed E-state index contributed by atoms with van der Waals surface area (Å²) in [7, 11) is 0. The quantitative estimate of drug-likeness (QED) is 0.634. The van der Waals surface area contributed by atoms with Gasteiger partial charge in [0.2, 0.25) is 0 Å². The molecule has 2 saturated heterocycles. The van der Waals surface area contributed by atoms with E-state index in [2.05, 4.69) is 5.10 Å². The van der Waals surface area contributed by atoms with Crippen LogP contribution in [0, 0.1) is 6.92 Å². The summed E-state index contributed by atoms with van der Waals surface area (Å²) in [5.74, 6) is -4.02. The molecule has 2 aromatic rings. The third-order valence-electron chi connectivity index (χ3n) is 6.04. The number of amides is 1. The van der Waals surface area contributed by atoms with Gasteiger partial charge >= 0.3 is 6.09 Å². The Hall–Kier alpha value is -2.22. The molecule has 0 bridgehead atoms. The van der Waals surface area contributed by atoms with E-state index in [-0.39, 0.29) is 19.2 Å². The lowest BCUT2D eigenvalue weighted by atomic mass is 9.83. The van der Waals surface area contributed by atoms with Crippen LogP contribution in [0.1, 0.15) is 69.7 Å². The molecule has 0 saturated carbocycles. The van der Waals surface area contributed by atoms with E-state index in [9.17, 15) is 4.79 Å². The minimum absolute atomic E-state index is 0.156. The number of carbonyl (C=O) groups is 1. The fourth-order valence-corrected chi connectivity index (χ4v) is 4.55. The highest BCUT2D eigenvalue weighted by molar-refractivity contribution is 5.81. The van der Waals surface area contributed by atoms with Gasteiger partial charge in [-0.05, 0) is 76.6 Å². The SMILES string of the molecule is Cc1cc2cnn(C3CCCCO3)c2cc1C1CCN(C(=O)OC(C)(C)C)CC1(F)F. The number of aromatic nitrogens is 2. The zero-order chi connectivity index (χ0) is 22.4. The van der Waals surface area contributed by atoms with E-state index in [1.807, 2.05) is 23.7 Å². The number of ether oxygens (including phenoxy) is 2. The predicted octanol–water partition coefficient (Wildman–Crippen LogP) is 5.40. The molecule has 1 aromatic carbocycles. The molecule has 1 amide bonds. The van der Waals surface area contributed by atoms with Gasteiger partial charge < -0.3 is 14.4 Å². The smallest absolute Gasteiger partial charge is 0.410 e. The van der Waals surface area contributed by atoms with Gasteiger partial charge in [-0.1, -0.05) is 0 Å². The van der Waals surface area contributed by atoms with E-state index in [0.29, 0.717) is 12.2 Å². The Balaban J connectivity index is 1.61. The lowest BCUT2D eigenvalue weighted by Gasteiger charge is -2.39. The Labute approximate surface area is 181 Å². The maximum atomic E-state index is 15.3. The van der Waals surface area contributed by atoms with Crippen molar-refractivity contribution in [3.63, 3.8) is 0 Å². The van der Waals surface area contributed by atoms with Crippen LogP contribution in [0.2, 0.25) is 0 Å². The maximum Gasteiger partial charge on any atom is 0.410 e. The molecule has 170 valence electrons. The highest BCUT2D eigenvalue weighted by atomic mass is 19.3. The number of aryl methyl sites for hydroxylation is 1. The predicted molar refractivity (Wildman–Crippen MR) is 113 cm³/mol. The minimum atomic E-state index is -3.06. The number of fused-ring (bicyclic) bond motifs is 1. The summed E-state index contributed by atoms with van der Waals surface area (Å²) in [4.78, 5) is 13.4. The van der Waals surface area contributed by atoms with Gasteiger partial charge in [0, 0.05) is 18.5 Å². The molecule has 8 heteroatoms. The van der Waals surface area contributed by atoms with Crippen molar-refractivity contribution in [2.45, 2.75) is 77.0 Å². The molecule has 2 aliphatic rings. The Kier molecular flexibility index (Phi) is 5.70. The van der Waals surface area contributed by atoms with Crippen LogP contribution < -0.4 is 0 Å². The van der Waals surface area contributed by atoms with Gasteiger partial charge in [0.05, 0.1) is 24.2 Å². The average Bonchev–Trinajstić information content (AvgIpc) is 3.09. The van der Waals surface area contributed by atoms with Crippen molar-refractivity contribution < 1.29 is 23.0 Å². The highest BCUT2D eigenvalue weighted by Crippen LogP contribution is 2.43. The van der Waals surface area contributed by atoms with Crippen molar-refractivity contribution in [3.05, 3.63) is 29.5 Å². The van der Waals surface area contributed by atoms with Crippen LogP contribution in [0.15, 0.2) is 18.3 Å². The van der Waals surface area contributed by atoms with Crippen molar-refractivity contribution >= 4 is 17.0 Å². The number of likely N-dealkylation sites (tertiary alicyclic amines) is 1. The fourth-order valence-electron chi connectivity index (χ4n) is 4.55. The molecule has 2 atom stereocenters. The Morgan fingerprint density at radius 3 is 2.68 bits per heavy atom. The minimum Gasteiger partial charge on any atom is -0.444 e. The summed E-state index contributed by atoms with van der Waals surface area (Å²) in [5, 5.41) is 5.41. The molecule has 6 nitrogen and oxygen atoms in total. The topological polar surface area (TPSA) is 56.6 Å². The number of halogens is 2. The first-order valence-corrected chi connectivity index (χ1v) is 11.0. The first-order chi connectivity index (χ1) is 14.5.